The first-order valence-electron chi connectivity index (χ1n) is 5.41. The predicted octanol–water partition coefficient (Wildman–Crippen LogP) is 2.53. The fourth-order valence-corrected chi connectivity index (χ4v) is 2.03. The molecule has 0 aromatic heterocycles. The van der Waals surface area contributed by atoms with E-state index >= 15 is 0 Å². The molecule has 1 N–H and O–H groups in total. The molecule has 4 heteroatoms. The molecular weight excluding hydrogens is 224 g/mol. The van der Waals surface area contributed by atoms with Gasteiger partial charge in [-0.2, -0.15) is 0 Å². The second kappa shape index (κ2) is 7.54. The third-order valence-electron chi connectivity index (χ3n) is 1.87. The number of hydrogen-bond donors (Lipinski definition) is 1. The Kier molecular flexibility index (Phi) is 6.30. The maximum absolute atomic E-state index is 9.41. The molecule has 1 unspecified atom stereocenters. The van der Waals surface area contributed by atoms with E-state index in [9.17, 15) is 5.11 Å². The van der Waals surface area contributed by atoms with Crippen molar-refractivity contribution < 1.29 is 14.6 Å². The van der Waals surface area contributed by atoms with Crippen LogP contribution in [0.1, 0.15) is 13.8 Å². The van der Waals surface area contributed by atoms with Gasteiger partial charge < -0.3 is 14.6 Å². The van der Waals surface area contributed by atoms with E-state index in [4.69, 9.17) is 9.47 Å². The monoisotopic (exact) mass is 242 g/mol. The topological polar surface area (TPSA) is 38.7 Å². The minimum absolute atomic E-state index is 0.528. The highest BCUT2D eigenvalue weighted by Crippen LogP contribution is 2.23. The Morgan fingerprint density at radius 3 is 2.81 bits per heavy atom. The highest BCUT2D eigenvalue weighted by molar-refractivity contribution is 7.99. The number of thioether (sulfide) groups is 1. The third kappa shape index (κ3) is 4.88. The van der Waals surface area contributed by atoms with Gasteiger partial charge in [0.25, 0.3) is 0 Å². The molecule has 0 spiro atoms. The van der Waals surface area contributed by atoms with Crippen LogP contribution in [0.2, 0.25) is 0 Å². The van der Waals surface area contributed by atoms with Crippen molar-refractivity contribution in [3.05, 3.63) is 24.3 Å². The SMILES string of the molecule is CCOc1cccc(SCC(O)OCC)c1. The number of aliphatic hydroxyl groups is 1. The smallest absolute Gasteiger partial charge is 0.163 e. The molecule has 0 saturated heterocycles. The van der Waals surface area contributed by atoms with E-state index in [1.54, 1.807) is 11.8 Å². The average Bonchev–Trinajstić information content (AvgIpc) is 2.28. The molecule has 0 radical (unpaired) electrons. The first-order chi connectivity index (χ1) is 7.76. The van der Waals surface area contributed by atoms with Crippen LogP contribution in [-0.4, -0.2) is 30.4 Å². The molecule has 0 aliphatic rings. The van der Waals surface area contributed by atoms with Crippen LogP contribution in [0, 0.1) is 0 Å². The summed E-state index contributed by atoms with van der Waals surface area (Å²) in [6.07, 6.45) is -0.703. The summed E-state index contributed by atoms with van der Waals surface area (Å²) in [5.74, 6) is 1.39. The van der Waals surface area contributed by atoms with Crippen molar-refractivity contribution >= 4 is 11.8 Å². The molecule has 1 aromatic carbocycles. The van der Waals surface area contributed by atoms with Gasteiger partial charge in [-0.15, -0.1) is 11.8 Å². The van der Waals surface area contributed by atoms with Crippen molar-refractivity contribution in [2.45, 2.75) is 25.0 Å². The molecule has 3 nitrogen and oxygen atoms in total. The lowest BCUT2D eigenvalue weighted by molar-refractivity contribution is -0.0764. The molecule has 0 bridgehead atoms. The summed E-state index contributed by atoms with van der Waals surface area (Å²) in [7, 11) is 0. The lowest BCUT2D eigenvalue weighted by Gasteiger charge is -2.10. The van der Waals surface area contributed by atoms with Gasteiger partial charge in [-0.3, -0.25) is 0 Å². The molecule has 1 aromatic rings. The fourth-order valence-electron chi connectivity index (χ4n) is 1.23. The Bertz CT molecular complexity index is 304. The summed E-state index contributed by atoms with van der Waals surface area (Å²) >= 11 is 1.55. The van der Waals surface area contributed by atoms with Crippen LogP contribution < -0.4 is 4.74 Å². The van der Waals surface area contributed by atoms with Crippen LogP contribution in [0.25, 0.3) is 0 Å². The summed E-state index contributed by atoms with van der Waals surface area (Å²) < 4.78 is 10.4. The van der Waals surface area contributed by atoms with Crippen LogP contribution in [0.4, 0.5) is 0 Å². The van der Waals surface area contributed by atoms with Crippen LogP contribution >= 0.6 is 11.8 Å². The Morgan fingerprint density at radius 1 is 1.31 bits per heavy atom. The summed E-state index contributed by atoms with van der Waals surface area (Å²) in [6.45, 7) is 5.01. The quantitative estimate of drug-likeness (QED) is 0.589. The normalized spacial score (nSPS) is 12.4. The zero-order valence-corrected chi connectivity index (χ0v) is 10.5. The maximum atomic E-state index is 9.41. The van der Waals surface area contributed by atoms with E-state index in [0.717, 1.165) is 10.6 Å². The van der Waals surface area contributed by atoms with Gasteiger partial charge in [-0.05, 0) is 32.0 Å². The Balaban J connectivity index is 2.44. The first-order valence-corrected chi connectivity index (χ1v) is 6.40. The summed E-state index contributed by atoms with van der Waals surface area (Å²) in [5, 5.41) is 9.41. The summed E-state index contributed by atoms with van der Waals surface area (Å²) in [4.78, 5) is 1.07. The molecule has 1 rings (SSSR count). The number of ether oxygens (including phenoxy) is 2. The molecule has 0 fully saturated rings. The van der Waals surface area contributed by atoms with E-state index < -0.39 is 6.29 Å². The minimum atomic E-state index is -0.703. The standard InChI is InChI=1S/C12H18O3S/c1-3-14-10-6-5-7-11(8-10)16-9-12(13)15-4-2/h5-8,12-13H,3-4,9H2,1-2H3. The Labute approximate surface area is 101 Å². The van der Waals surface area contributed by atoms with Crippen LogP contribution in [0.3, 0.4) is 0 Å². The van der Waals surface area contributed by atoms with Gasteiger partial charge >= 0.3 is 0 Å². The van der Waals surface area contributed by atoms with E-state index in [0.29, 0.717) is 19.0 Å². The molecule has 90 valence electrons. The highest BCUT2D eigenvalue weighted by Gasteiger charge is 2.04. The number of benzene rings is 1. The predicted molar refractivity (Wildman–Crippen MR) is 66.0 cm³/mol. The molecule has 0 amide bonds. The van der Waals surface area contributed by atoms with E-state index in [1.807, 2.05) is 38.1 Å². The summed E-state index contributed by atoms with van der Waals surface area (Å²) in [5.41, 5.74) is 0. The van der Waals surface area contributed by atoms with Crippen LogP contribution in [-0.2, 0) is 4.74 Å². The Hall–Kier alpha value is -0.710. The second-order valence-electron chi connectivity index (χ2n) is 3.13. The van der Waals surface area contributed by atoms with Crippen LogP contribution in [0.5, 0.6) is 5.75 Å². The van der Waals surface area contributed by atoms with Gasteiger partial charge in [-0.25, -0.2) is 0 Å². The molecule has 0 aliphatic heterocycles. The van der Waals surface area contributed by atoms with Crippen LogP contribution in [0.15, 0.2) is 29.2 Å². The lowest BCUT2D eigenvalue weighted by atomic mass is 10.3. The van der Waals surface area contributed by atoms with Gasteiger partial charge in [0.15, 0.2) is 6.29 Å². The van der Waals surface area contributed by atoms with E-state index in [-0.39, 0.29) is 0 Å². The van der Waals surface area contributed by atoms with Gasteiger partial charge in [0.2, 0.25) is 0 Å². The van der Waals surface area contributed by atoms with E-state index in [2.05, 4.69) is 0 Å². The van der Waals surface area contributed by atoms with Crippen molar-refractivity contribution in [2.24, 2.45) is 0 Å². The zero-order valence-electron chi connectivity index (χ0n) is 9.68. The number of aliphatic hydroxyl groups excluding tert-OH is 1. The lowest BCUT2D eigenvalue weighted by Crippen LogP contribution is -2.14. The van der Waals surface area contributed by atoms with Crippen molar-refractivity contribution in [3.8, 4) is 5.75 Å². The van der Waals surface area contributed by atoms with Gasteiger partial charge in [0, 0.05) is 17.3 Å². The first kappa shape index (κ1) is 13.4. The number of rotatable bonds is 7. The van der Waals surface area contributed by atoms with Crippen molar-refractivity contribution in [1.82, 2.24) is 0 Å². The minimum Gasteiger partial charge on any atom is -0.494 e. The van der Waals surface area contributed by atoms with Crippen molar-refractivity contribution in [3.63, 3.8) is 0 Å². The average molecular weight is 242 g/mol. The van der Waals surface area contributed by atoms with Gasteiger partial charge in [0.05, 0.1) is 6.61 Å². The van der Waals surface area contributed by atoms with Gasteiger partial charge in [0.1, 0.15) is 5.75 Å². The molecule has 0 aliphatic carbocycles. The molecule has 1 atom stereocenters. The maximum Gasteiger partial charge on any atom is 0.163 e. The second-order valence-corrected chi connectivity index (χ2v) is 4.22. The number of hydrogen-bond acceptors (Lipinski definition) is 4. The third-order valence-corrected chi connectivity index (χ3v) is 2.91. The van der Waals surface area contributed by atoms with E-state index in [1.165, 1.54) is 0 Å². The molecular formula is C12H18O3S. The molecule has 16 heavy (non-hydrogen) atoms. The Morgan fingerprint density at radius 2 is 2.12 bits per heavy atom. The van der Waals surface area contributed by atoms with Gasteiger partial charge in [-0.1, -0.05) is 6.07 Å². The fraction of sp³-hybridized carbons (Fsp3) is 0.500. The molecule has 0 saturated carbocycles. The summed E-state index contributed by atoms with van der Waals surface area (Å²) in [6, 6.07) is 7.83. The molecule has 0 heterocycles. The highest BCUT2D eigenvalue weighted by atomic mass is 32.2. The zero-order chi connectivity index (χ0) is 11.8. The largest absolute Gasteiger partial charge is 0.494 e. The van der Waals surface area contributed by atoms with Crippen molar-refractivity contribution in [2.75, 3.05) is 19.0 Å². The van der Waals surface area contributed by atoms with Crippen molar-refractivity contribution in [1.29, 1.82) is 0 Å².